The van der Waals surface area contributed by atoms with Gasteiger partial charge in [-0.2, -0.15) is 13.2 Å². The van der Waals surface area contributed by atoms with Crippen molar-refractivity contribution >= 4 is 23.9 Å². The van der Waals surface area contributed by atoms with E-state index in [1.54, 1.807) is 5.92 Å². The van der Waals surface area contributed by atoms with Crippen molar-refractivity contribution in [3.05, 3.63) is 38.5 Å². The molecule has 144 valence electrons. The van der Waals surface area contributed by atoms with E-state index in [0.717, 1.165) is 32.3 Å². The van der Waals surface area contributed by atoms with Gasteiger partial charge in [-0.15, -0.1) is 0 Å². The molecule has 0 fully saturated rings. The molecule has 0 aromatic rings. The summed E-state index contributed by atoms with van der Waals surface area (Å²) < 4.78 is 38.0. The first-order valence-electron chi connectivity index (χ1n) is 7.83. The maximum absolute atomic E-state index is 11.3. The van der Waals surface area contributed by atoms with Crippen molar-refractivity contribution in [3.8, 4) is 11.8 Å². The molecule has 0 unspecified atom stereocenters. The molecular formula is C19H31F3O2Sn. The quantitative estimate of drug-likeness (QED) is 0.213. The molecule has 0 saturated carbocycles. The Kier molecular flexibility index (Phi) is 44.0. The fraction of sp³-hybridized carbons (Fsp3) is 0.579. The molecule has 0 aliphatic heterocycles. The number of methoxy groups -OCH3 is 1. The first-order valence-corrected chi connectivity index (χ1v) is 7.83. The summed E-state index contributed by atoms with van der Waals surface area (Å²) in [6, 6.07) is 0. The zero-order chi connectivity index (χ0) is 19.9. The Labute approximate surface area is 169 Å². The van der Waals surface area contributed by atoms with Gasteiger partial charge < -0.3 is 4.74 Å². The van der Waals surface area contributed by atoms with Crippen molar-refractivity contribution in [2.24, 2.45) is 0 Å². The predicted molar refractivity (Wildman–Crippen MR) is 99.7 cm³/mol. The van der Waals surface area contributed by atoms with E-state index in [2.05, 4.69) is 46.3 Å². The van der Waals surface area contributed by atoms with Gasteiger partial charge in [-0.3, -0.25) is 0 Å². The number of alkyl halides is 3. The van der Waals surface area contributed by atoms with E-state index in [-0.39, 0.29) is 23.9 Å². The van der Waals surface area contributed by atoms with Crippen LogP contribution in [0.25, 0.3) is 0 Å². The summed E-state index contributed by atoms with van der Waals surface area (Å²) in [6.07, 6.45) is 2.94. The van der Waals surface area contributed by atoms with Gasteiger partial charge in [0, 0.05) is 35.9 Å². The molecule has 2 nitrogen and oxygen atoms in total. The summed E-state index contributed by atoms with van der Waals surface area (Å²) in [5.41, 5.74) is 1.85. The third kappa shape index (κ3) is 69.9. The Balaban J connectivity index is -0.0000000850. The number of rotatable bonds is 4. The van der Waals surface area contributed by atoms with Gasteiger partial charge >= 0.3 is 12.1 Å². The molecule has 0 amide bonds. The molecule has 0 N–H and O–H groups in total. The normalized spacial score (nSPS) is 7.92. The van der Waals surface area contributed by atoms with Gasteiger partial charge in [0.25, 0.3) is 0 Å². The Morgan fingerprint density at radius 3 is 1.52 bits per heavy atom. The van der Waals surface area contributed by atoms with Crippen LogP contribution < -0.4 is 0 Å². The molecule has 6 heteroatoms. The summed E-state index contributed by atoms with van der Waals surface area (Å²) >= 11 is 0. The average Bonchev–Trinajstić information content (AvgIpc) is 2.58. The fourth-order valence-electron chi connectivity index (χ4n) is 0.272. The van der Waals surface area contributed by atoms with Crippen molar-refractivity contribution in [1.29, 1.82) is 0 Å². The predicted octanol–water partition coefficient (Wildman–Crippen LogP) is 6.11. The third-order valence-electron chi connectivity index (χ3n) is 1.72. The standard InChI is InChI=1S/C7H4F3O2.3C4H9.Sn/c1-12-6(11)4-2-3-5-7(8,9)10;3*1-3-4-2;/h2H,1H3;3*1,3-4H2,2H3;. The van der Waals surface area contributed by atoms with Gasteiger partial charge in [-0.25, -0.2) is 5.11 Å². The van der Waals surface area contributed by atoms with Crippen molar-refractivity contribution in [2.75, 3.05) is 7.11 Å². The van der Waals surface area contributed by atoms with E-state index in [4.69, 9.17) is 0 Å². The minimum atomic E-state index is -4.55. The van der Waals surface area contributed by atoms with Gasteiger partial charge in [0.1, 0.15) is 0 Å². The molecule has 0 saturated heterocycles. The molecule has 0 spiro atoms. The summed E-state index contributed by atoms with van der Waals surface area (Å²) in [7, 11) is 1.08. The molecule has 0 bridgehead atoms. The van der Waals surface area contributed by atoms with Crippen LogP contribution in [0.3, 0.4) is 0 Å². The summed E-state index contributed by atoms with van der Waals surface area (Å²) in [4.78, 5) is 0. The number of ether oxygens (including phenoxy) is 1. The monoisotopic (exact) mass is 468 g/mol. The summed E-state index contributed by atoms with van der Waals surface area (Å²) in [5.74, 6) is 1.64. The molecule has 8 radical (unpaired) electrons. The summed E-state index contributed by atoms with van der Waals surface area (Å²) in [5, 5.41) is 10.2. The molecule has 25 heavy (non-hydrogen) atoms. The van der Waals surface area contributed by atoms with Crippen molar-refractivity contribution in [3.63, 3.8) is 0 Å². The minimum absolute atomic E-state index is 0. The molecule has 0 rings (SSSR count). The maximum atomic E-state index is 11.3. The fourth-order valence-corrected chi connectivity index (χ4v) is 0.272. The zero-order valence-corrected chi connectivity index (χ0v) is 18.7. The van der Waals surface area contributed by atoms with Crippen LogP contribution in [-0.2, 0) is 9.84 Å². The second kappa shape index (κ2) is 31.1. The first kappa shape index (κ1) is 35.4. The Morgan fingerprint density at radius 1 is 1.00 bits per heavy atom. The second-order valence-corrected chi connectivity index (χ2v) is 4.11. The van der Waals surface area contributed by atoms with Gasteiger partial charge in [0.15, 0.2) is 0 Å². The van der Waals surface area contributed by atoms with E-state index in [9.17, 15) is 18.3 Å². The zero-order valence-electron chi connectivity index (χ0n) is 15.9. The number of unbranched alkanes of at least 4 members (excludes halogenated alkanes) is 3. The van der Waals surface area contributed by atoms with Crippen molar-refractivity contribution in [2.45, 2.75) is 65.5 Å². The second-order valence-electron chi connectivity index (χ2n) is 4.11. The van der Waals surface area contributed by atoms with Crippen LogP contribution in [0.15, 0.2) is 17.8 Å². The van der Waals surface area contributed by atoms with Crippen LogP contribution in [0.2, 0.25) is 0 Å². The molecule has 0 aliphatic rings. The van der Waals surface area contributed by atoms with Crippen LogP contribution in [0, 0.1) is 32.6 Å². The van der Waals surface area contributed by atoms with E-state index in [1.807, 2.05) is 5.73 Å². The van der Waals surface area contributed by atoms with E-state index in [1.165, 1.54) is 19.3 Å². The topological polar surface area (TPSA) is 29.1 Å². The Morgan fingerprint density at radius 2 is 1.32 bits per heavy atom. The maximum Gasteiger partial charge on any atom is 0.458 e. The molecule has 0 aromatic carbocycles. The first-order chi connectivity index (χ1) is 11.2. The molecular weight excluding hydrogens is 436 g/mol. The van der Waals surface area contributed by atoms with E-state index < -0.39 is 12.1 Å². The largest absolute Gasteiger partial charge is 0.460 e. The number of halogens is 3. The minimum Gasteiger partial charge on any atom is -0.460 e. The number of allylic oxidation sites excluding steroid dienone is 1. The SMILES string of the molecule is COC([O])=C=CC#CC(F)(F)F.[CH2]CCC.[CH2]CCC.[CH2]CCC.[Sn]. The number of hydrogen-bond donors (Lipinski definition) is 0. The van der Waals surface area contributed by atoms with Crippen LogP contribution >= 0.6 is 0 Å². The van der Waals surface area contributed by atoms with Crippen LogP contribution in [-0.4, -0.2) is 37.2 Å². The molecule has 0 atom stereocenters. The van der Waals surface area contributed by atoms with Crippen molar-refractivity contribution in [1.82, 2.24) is 0 Å². The molecule has 0 aromatic heterocycles. The van der Waals surface area contributed by atoms with Crippen molar-refractivity contribution < 1.29 is 23.0 Å². The van der Waals surface area contributed by atoms with Crippen LogP contribution in [0.1, 0.15) is 59.3 Å². The van der Waals surface area contributed by atoms with Gasteiger partial charge in [0.2, 0.25) is 0 Å². The van der Waals surface area contributed by atoms with E-state index in [0.29, 0.717) is 6.08 Å². The van der Waals surface area contributed by atoms with Crippen LogP contribution in [0.4, 0.5) is 13.2 Å². The Bertz CT molecular complexity index is 334. The van der Waals surface area contributed by atoms with E-state index >= 15 is 0 Å². The van der Waals surface area contributed by atoms with Gasteiger partial charge in [-0.1, -0.05) is 86.0 Å². The third-order valence-corrected chi connectivity index (χ3v) is 1.72. The molecule has 0 aliphatic carbocycles. The number of hydrogen-bond acceptors (Lipinski definition) is 1. The smallest absolute Gasteiger partial charge is 0.458 e. The van der Waals surface area contributed by atoms with Crippen LogP contribution in [0.5, 0.6) is 0 Å². The summed E-state index contributed by atoms with van der Waals surface area (Å²) in [6.45, 7) is 17.2. The average molecular weight is 467 g/mol. The van der Waals surface area contributed by atoms with Gasteiger partial charge in [-0.05, 0) is 5.73 Å². The Hall–Kier alpha value is -0.731. The molecule has 0 heterocycles. The van der Waals surface area contributed by atoms with Gasteiger partial charge in [0.05, 0.1) is 7.11 Å².